The monoisotopic (exact) mass is 240 g/mol. The maximum absolute atomic E-state index is 5.89. The average Bonchev–Trinajstić information content (AvgIpc) is 2.63. The van der Waals surface area contributed by atoms with Crippen molar-refractivity contribution in [2.75, 3.05) is 19.7 Å². The van der Waals surface area contributed by atoms with Crippen LogP contribution in [0.1, 0.15) is 25.3 Å². The van der Waals surface area contributed by atoms with E-state index in [1.54, 1.807) is 0 Å². The zero-order valence-corrected chi connectivity index (χ0v) is 10.7. The Bertz CT molecular complexity index is 362. The van der Waals surface area contributed by atoms with Gasteiger partial charge in [0.15, 0.2) is 0 Å². The van der Waals surface area contributed by atoms with Crippen LogP contribution in [0, 0.1) is 6.92 Å². The van der Waals surface area contributed by atoms with Crippen LogP contribution in [0.5, 0.6) is 0 Å². The second kappa shape index (κ2) is 5.16. The Kier molecular flexibility index (Phi) is 3.81. The lowest BCUT2D eigenvalue weighted by atomic mass is 10.1. The van der Waals surface area contributed by atoms with Crippen molar-refractivity contribution in [3.8, 4) is 0 Å². The summed E-state index contributed by atoms with van der Waals surface area (Å²) in [5.74, 6) is 0.806. The summed E-state index contributed by atoms with van der Waals surface area (Å²) < 4.78 is 16.4. The molecule has 5 nitrogen and oxygen atoms in total. The highest BCUT2D eigenvalue weighted by atomic mass is 16.5. The molecular weight excluding hydrogens is 220 g/mol. The van der Waals surface area contributed by atoms with Gasteiger partial charge in [-0.05, 0) is 20.8 Å². The molecule has 0 radical (unpaired) electrons. The molecule has 17 heavy (non-hydrogen) atoms. The van der Waals surface area contributed by atoms with Crippen molar-refractivity contribution in [2.24, 2.45) is 0 Å². The first-order valence-corrected chi connectivity index (χ1v) is 5.94. The molecule has 0 aromatic carbocycles. The van der Waals surface area contributed by atoms with Crippen LogP contribution < -0.4 is 5.32 Å². The van der Waals surface area contributed by atoms with Gasteiger partial charge >= 0.3 is 0 Å². The number of aryl methyl sites for hydroxylation is 1. The fourth-order valence-electron chi connectivity index (χ4n) is 1.94. The first-order chi connectivity index (χ1) is 8.05. The topological polar surface area (TPSA) is 56.5 Å². The summed E-state index contributed by atoms with van der Waals surface area (Å²) in [7, 11) is 0. The molecule has 1 unspecified atom stereocenters. The van der Waals surface area contributed by atoms with Crippen molar-refractivity contribution in [2.45, 2.75) is 39.1 Å². The van der Waals surface area contributed by atoms with Crippen molar-refractivity contribution in [3.05, 3.63) is 17.5 Å². The van der Waals surface area contributed by atoms with Crippen molar-refractivity contribution in [1.29, 1.82) is 0 Å². The van der Waals surface area contributed by atoms with Gasteiger partial charge in [0.25, 0.3) is 0 Å². The van der Waals surface area contributed by atoms with E-state index in [4.69, 9.17) is 14.0 Å². The Balaban J connectivity index is 1.71. The van der Waals surface area contributed by atoms with Crippen LogP contribution in [-0.4, -0.2) is 36.6 Å². The van der Waals surface area contributed by atoms with Gasteiger partial charge in [-0.25, -0.2) is 0 Å². The summed E-state index contributed by atoms with van der Waals surface area (Å²) in [4.78, 5) is 0. The van der Waals surface area contributed by atoms with Crippen molar-refractivity contribution in [1.82, 2.24) is 10.5 Å². The maximum Gasteiger partial charge on any atom is 0.134 e. The molecule has 1 N–H and O–H groups in total. The summed E-state index contributed by atoms with van der Waals surface area (Å²) in [6.45, 7) is 8.78. The molecule has 1 aliphatic heterocycles. The van der Waals surface area contributed by atoms with Gasteiger partial charge < -0.3 is 19.3 Å². The molecule has 1 aromatic rings. The van der Waals surface area contributed by atoms with Crippen molar-refractivity contribution in [3.63, 3.8) is 0 Å². The molecule has 1 fully saturated rings. The standard InChI is InChI=1S/C12H20N2O3/c1-9-4-10(14-17-9)6-15-7-11-5-13-8-12(2,3)16-11/h4,11,13H,5-8H2,1-3H3. The Labute approximate surface area is 101 Å². The van der Waals surface area contributed by atoms with Crippen LogP contribution in [0.3, 0.4) is 0 Å². The third kappa shape index (κ3) is 3.80. The number of aromatic nitrogens is 1. The minimum absolute atomic E-state index is 0.103. The average molecular weight is 240 g/mol. The molecule has 0 bridgehead atoms. The lowest BCUT2D eigenvalue weighted by molar-refractivity contribution is -0.122. The van der Waals surface area contributed by atoms with E-state index in [0.29, 0.717) is 13.2 Å². The molecule has 2 heterocycles. The van der Waals surface area contributed by atoms with Crippen molar-refractivity contribution < 1.29 is 14.0 Å². The maximum atomic E-state index is 5.89. The van der Waals surface area contributed by atoms with E-state index in [2.05, 4.69) is 24.3 Å². The number of morpholine rings is 1. The summed E-state index contributed by atoms with van der Waals surface area (Å²) >= 11 is 0. The molecule has 2 rings (SSSR count). The lowest BCUT2D eigenvalue weighted by Gasteiger charge is -2.36. The highest BCUT2D eigenvalue weighted by molar-refractivity contribution is 5.01. The molecule has 5 heteroatoms. The third-order valence-corrected chi connectivity index (χ3v) is 2.64. The van der Waals surface area contributed by atoms with E-state index < -0.39 is 0 Å². The van der Waals surface area contributed by atoms with Gasteiger partial charge in [-0.3, -0.25) is 0 Å². The number of nitrogens with one attached hydrogen (secondary N) is 1. The molecule has 1 saturated heterocycles. The molecule has 1 aromatic heterocycles. The number of nitrogens with zero attached hydrogens (tertiary/aromatic N) is 1. The number of ether oxygens (including phenoxy) is 2. The third-order valence-electron chi connectivity index (χ3n) is 2.64. The molecular formula is C12H20N2O3. The summed E-state index contributed by atoms with van der Waals surface area (Å²) in [6.07, 6.45) is 0.103. The SMILES string of the molecule is Cc1cc(COCC2CNCC(C)(C)O2)no1. The van der Waals surface area contributed by atoms with E-state index in [9.17, 15) is 0 Å². The number of rotatable bonds is 4. The van der Waals surface area contributed by atoms with Crippen LogP contribution in [0.2, 0.25) is 0 Å². The largest absolute Gasteiger partial charge is 0.372 e. The highest BCUT2D eigenvalue weighted by Gasteiger charge is 2.28. The molecule has 0 amide bonds. The van der Waals surface area contributed by atoms with Gasteiger partial charge in [0.05, 0.1) is 24.9 Å². The number of hydrogen-bond donors (Lipinski definition) is 1. The van der Waals surface area contributed by atoms with Gasteiger partial charge in [-0.15, -0.1) is 0 Å². The fraction of sp³-hybridized carbons (Fsp3) is 0.750. The van der Waals surface area contributed by atoms with Crippen LogP contribution in [-0.2, 0) is 16.1 Å². The molecule has 1 atom stereocenters. The second-order valence-corrected chi connectivity index (χ2v) is 5.07. The predicted octanol–water partition coefficient (Wildman–Crippen LogP) is 1.27. The minimum atomic E-state index is -0.114. The normalized spacial score (nSPS) is 23.8. The first-order valence-electron chi connectivity index (χ1n) is 5.94. The minimum Gasteiger partial charge on any atom is -0.372 e. The Morgan fingerprint density at radius 1 is 1.59 bits per heavy atom. The van der Waals surface area contributed by atoms with Crippen LogP contribution in [0.4, 0.5) is 0 Å². The second-order valence-electron chi connectivity index (χ2n) is 5.07. The quantitative estimate of drug-likeness (QED) is 0.858. The Morgan fingerprint density at radius 3 is 3.06 bits per heavy atom. The van der Waals surface area contributed by atoms with Gasteiger partial charge in [-0.2, -0.15) is 0 Å². The molecule has 1 aliphatic rings. The van der Waals surface area contributed by atoms with Gasteiger partial charge in [0.1, 0.15) is 11.5 Å². The molecule has 96 valence electrons. The Morgan fingerprint density at radius 2 is 2.41 bits per heavy atom. The van der Waals surface area contributed by atoms with E-state index in [0.717, 1.165) is 24.5 Å². The summed E-state index contributed by atoms with van der Waals surface area (Å²) in [5.41, 5.74) is 0.710. The van der Waals surface area contributed by atoms with E-state index in [1.165, 1.54) is 0 Å². The molecule has 0 aliphatic carbocycles. The van der Waals surface area contributed by atoms with E-state index in [1.807, 2.05) is 13.0 Å². The molecule has 0 spiro atoms. The zero-order chi connectivity index (χ0) is 12.3. The molecule has 0 saturated carbocycles. The van der Waals surface area contributed by atoms with Gasteiger partial charge in [0.2, 0.25) is 0 Å². The summed E-state index contributed by atoms with van der Waals surface area (Å²) in [5, 5.41) is 7.21. The highest BCUT2D eigenvalue weighted by Crippen LogP contribution is 2.15. The van der Waals surface area contributed by atoms with E-state index in [-0.39, 0.29) is 11.7 Å². The van der Waals surface area contributed by atoms with Crippen LogP contribution in [0.15, 0.2) is 10.6 Å². The summed E-state index contributed by atoms with van der Waals surface area (Å²) in [6, 6.07) is 1.88. The number of hydrogen-bond acceptors (Lipinski definition) is 5. The predicted molar refractivity (Wildman–Crippen MR) is 62.7 cm³/mol. The Hall–Kier alpha value is -0.910. The van der Waals surface area contributed by atoms with Crippen LogP contribution >= 0.6 is 0 Å². The lowest BCUT2D eigenvalue weighted by Crippen LogP contribution is -2.51. The van der Waals surface area contributed by atoms with Crippen molar-refractivity contribution >= 4 is 0 Å². The fourth-order valence-corrected chi connectivity index (χ4v) is 1.94. The van der Waals surface area contributed by atoms with Gasteiger partial charge in [0, 0.05) is 19.2 Å². The van der Waals surface area contributed by atoms with Crippen LogP contribution in [0.25, 0.3) is 0 Å². The van der Waals surface area contributed by atoms with Gasteiger partial charge in [-0.1, -0.05) is 5.16 Å². The first kappa shape index (κ1) is 12.5. The zero-order valence-electron chi connectivity index (χ0n) is 10.7. The van der Waals surface area contributed by atoms with E-state index >= 15 is 0 Å². The smallest absolute Gasteiger partial charge is 0.134 e.